The van der Waals surface area contributed by atoms with E-state index in [1.54, 1.807) is 6.20 Å². The van der Waals surface area contributed by atoms with Gasteiger partial charge < -0.3 is 20.4 Å². The van der Waals surface area contributed by atoms with E-state index in [9.17, 15) is 0 Å². The highest BCUT2D eigenvalue weighted by Crippen LogP contribution is 2.28. The third-order valence-electron chi connectivity index (χ3n) is 6.06. The summed E-state index contributed by atoms with van der Waals surface area (Å²) in [5, 5.41) is 12.2. The van der Waals surface area contributed by atoms with Crippen molar-refractivity contribution in [3.63, 3.8) is 0 Å². The number of aromatic nitrogens is 3. The number of pyridine rings is 1. The topological polar surface area (TPSA) is 107 Å². The van der Waals surface area contributed by atoms with Gasteiger partial charge in [0.1, 0.15) is 23.0 Å². The maximum Gasteiger partial charge on any atom is 0.143 e. The lowest BCUT2D eigenvalue weighted by Gasteiger charge is -2.14. The van der Waals surface area contributed by atoms with E-state index in [2.05, 4.69) is 68.8 Å². The average molecular weight is 434 g/mol. The Labute approximate surface area is 190 Å². The van der Waals surface area contributed by atoms with Crippen molar-refractivity contribution in [1.29, 1.82) is 5.41 Å². The highest BCUT2D eigenvalue weighted by Gasteiger charge is 2.10. The van der Waals surface area contributed by atoms with Gasteiger partial charge in [0.15, 0.2) is 0 Å². The van der Waals surface area contributed by atoms with Gasteiger partial charge in [0, 0.05) is 47.6 Å². The number of aliphatic imine (C=N–C) groups is 1. The Hall–Kier alpha value is -4.39. The number of nitrogens with two attached hydrogens (primary N) is 1. The van der Waals surface area contributed by atoms with E-state index in [0.29, 0.717) is 5.69 Å². The molecule has 5 N–H and O–H groups in total. The predicted octanol–water partition coefficient (Wildman–Crippen LogP) is 4.17. The monoisotopic (exact) mass is 433 g/mol. The number of nitrogens with zero attached hydrogens (tertiary/aromatic N) is 3. The summed E-state index contributed by atoms with van der Waals surface area (Å²) in [5.74, 6) is 0.951. The molecule has 0 unspecified atom stereocenters. The van der Waals surface area contributed by atoms with Crippen molar-refractivity contribution in [2.75, 3.05) is 13.1 Å². The second kappa shape index (κ2) is 7.63. The van der Waals surface area contributed by atoms with Crippen LogP contribution < -0.4 is 11.1 Å². The molecule has 0 atom stereocenters. The second-order valence-corrected chi connectivity index (χ2v) is 8.29. The normalized spacial score (nSPS) is 13.8. The number of H-pyrrole nitrogens is 1. The molecule has 0 amide bonds. The van der Waals surface area contributed by atoms with Crippen LogP contribution in [0.15, 0.2) is 78.0 Å². The van der Waals surface area contributed by atoms with E-state index in [0.717, 1.165) is 64.5 Å². The fourth-order valence-corrected chi connectivity index (χ4v) is 4.29. The third kappa shape index (κ3) is 3.53. The molecule has 7 nitrogen and oxygen atoms in total. The molecule has 1 aliphatic rings. The van der Waals surface area contributed by atoms with E-state index in [-0.39, 0.29) is 5.84 Å². The zero-order valence-electron chi connectivity index (χ0n) is 18.0. The van der Waals surface area contributed by atoms with E-state index in [4.69, 9.17) is 11.1 Å². The first-order chi connectivity index (χ1) is 16.1. The molecule has 0 radical (unpaired) electrons. The molecule has 6 rings (SSSR count). The van der Waals surface area contributed by atoms with Crippen LogP contribution in [0, 0.1) is 5.41 Å². The zero-order valence-corrected chi connectivity index (χ0v) is 18.0. The summed E-state index contributed by atoms with van der Waals surface area (Å²) in [6, 6.07) is 21.2. The molecule has 2 aromatic carbocycles. The molecular weight excluding hydrogens is 410 g/mol. The predicted molar refractivity (Wildman–Crippen MR) is 133 cm³/mol. The van der Waals surface area contributed by atoms with Crippen LogP contribution in [0.1, 0.15) is 17.7 Å². The fraction of sp³-hybridized carbons (Fsp3) is 0.115. The van der Waals surface area contributed by atoms with E-state index >= 15 is 0 Å². The molecular formula is C26H23N7. The molecule has 5 aromatic rings. The molecule has 4 heterocycles. The minimum absolute atomic E-state index is 0.0296. The van der Waals surface area contributed by atoms with Gasteiger partial charge in [-0.3, -0.25) is 10.4 Å². The molecule has 3 aromatic heterocycles. The van der Waals surface area contributed by atoms with Crippen LogP contribution in [0.3, 0.4) is 0 Å². The average Bonchev–Trinajstić information content (AvgIpc) is 3.48. The first-order valence-electron chi connectivity index (χ1n) is 11.0. The van der Waals surface area contributed by atoms with Gasteiger partial charge in [0.2, 0.25) is 0 Å². The lowest BCUT2D eigenvalue weighted by atomic mass is 10.0. The largest absolute Gasteiger partial charge is 0.382 e. The van der Waals surface area contributed by atoms with Gasteiger partial charge in [0.05, 0.1) is 0 Å². The van der Waals surface area contributed by atoms with E-state index in [1.807, 2.05) is 22.7 Å². The Morgan fingerprint density at radius 3 is 2.55 bits per heavy atom. The molecule has 0 saturated heterocycles. The molecule has 162 valence electrons. The molecule has 0 spiro atoms. The number of hydrogen-bond acceptors (Lipinski definition) is 4. The summed E-state index contributed by atoms with van der Waals surface area (Å²) in [5.41, 5.74) is 13.4. The highest BCUT2D eigenvalue weighted by atomic mass is 15.0. The van der Waals surface area contributed by atoms with Crippen LogP contribution in [0.4, 0.5) is 0 Å². The molecule has 0 fully saturated rings. The number of nitrogen functional groups attached to an aromatic ring is 1. The molecule has 1 aliphatic heterocycles. The van der Waals surface area contributed by atoms with E-state index in [1.165, 1.54) is 5.39 Å². The number of benzene rings is 2. The highest BCUT2D eigenvalue weighted by molar-refractivity contribution is 6.02. The Kier molecular flexibility index (Phi) is 4.47. The number of rotatable bonds is 4. The van der Waals surface area contributed by atoms with E-state index < -0.39 is 0 Å². The van der Waals surface area contributed by atoms with Crippen molar-refractivity contribution >= 4 is 28.2 Å². The van der Waals surface area contributed by atoms with Crippen molar-refractivity contribution in [2.24, 2.45) is 10.7 Å². The Morgan fingerprint density at radius 1 is 0.939 bits per heavy atom. The fourth-order valence-electron chi connectivity index (χ4n) is 4.29. The van der Waals surface area contributed by atoms with Crippen molar-refractivity contribution in [3.8, 4) is 22.4 Å². The Morgan fingerprint density at radius 2 is 1.76 bits per heavy atom. The summed E-state index contributed by atoms with van der Waals surface area (Å²) < 4.78 is 1.88. The van der Waals surface area contributed by atoms with Crippen LogP contribution in [0.5, 0.6) is 0 Å². The van der Waals surface area contributed by atoms with Gasteiger partial charge in [-0.1, -0.05) is 36.4 Å². The Balaban J connectivity index is 1.30. The zero-order chi connectivity index (χ0) is 22.4. The minimum atomic E-state index is -0.0296. The Bertz CT molecular complexity index is 1540. The molecule has 0 aliphatic carbocycles. The lowest BCUT2D eigenvalue weighted by Crippen LogP contribution is -2.30. The summed E-state index contributed by atoms with van der Waals surface area (Å²) in [7, 11) is 0. The number of imidazole rings is 1. The maximum atomic E-state index is 7.58. The quantitative estimate of drug-likeness (QED) is 0.252. The van der Waals surface area contributed by atoms with Crippen molar-refractivity contribution < 1.29 is 0 Å². The van der Waals surface area contributed by atoms with Crippen LogP contribution in [-0.4, -0.2) is 39.1 Å². The first kappa shape index (κ1) is 19.3. The molecule has 33 heavy (non-hydrogen) atoms. The first-order valence-corrected chi connectivity index (χ1v) is 11.0. The van der Waals surface area contributed by atoms with Gasteiger partial charge >= 0.3 is 0 Å². The number of fused-ring (bicyclic) bond motifs is 2. The van der Waals surface area contributed by atoms with Crippen LogP contribution in [0.2, 0.25) is 0 Å². The standard InChI is InChI=1S/C26H23N7/c27-25(28)23-15-33-11-8-18(14-24(33)32-23)16-2-4-17(5-3-16)21-12-19-6-7-20(13-22(19)31-21)26-29-9-1-10-30-26/h2-8,11-15,31H,1,9-10H2,(H3,27,28)(H,29,30). The van der Waals surface area contributed by atoms with Crippen LogP contribution in [-0.2, 0) is 0 Å². The van der Waals surface area contributed by atoms with Gasteiger partial charge in [-0.2, -0.15) is 0 Å². The van der Waals surface area contributed by atoms with Crippen molar-refractivity contribution in [2.45, 2.75) is 6.42 Å². The SMILES string of the molecule is N=C(N)c1cn2ccc(-c3ccc(-c4cc5ccc(C6=NCCCN6)cc5[nH]4)cc3)cc2n1. The minimum Gasteiger partial charge on any atom is -0.382 e. The lowest BCUT2D eigenvalue weighted by molar-refractivity contribution is 0.742. The van der Waals surface area contributed by atoms with Gasteiger partial charge in [-0.25, -0.2) is 4.98 Å². The smallest absolute Gasteiger partial charge is 0.143 e. The number of amidine groups is 2. The third-order valence-corrected chi connectivity index (χ3v) is 6.06. The number of aromatic amines is 1. The van der Waals surface area contributed by atoms with Crippen LogP contribution >= 0.6 is 0 Å². The number of hydrogen-bond donors (Lipinski definition) is 4. The molecule has 7 heteroatoms. The van der Waals surface area contributed by atoms with Gasteiger partial charge in [0.25, 0.3) is 0 Å². The second-order valence-electron chi connectivity index (χ2n) is 8.29. The molecule has 0 bridgehead atoms. The van der Waals surface area contributed by atoms with Crippen molar-refractivity contribution in [1.82, 2.24) is 19.7 Å². The molecule has 0 saturated carbocycles. The van der Waals surface area contributed by atoms with Gasteiger partial charge in [-0.15, -0.1) is 0 Å². The summed E-state index contributed by atoms with van der Waals surface area (Å²) in [6.45, 7) is 1.86. The summed E-state index contributed by atoms with van der Waals surface area (Å²) >= 11 is 0. The van der Waals surface area contributed by atoms with Crippen molar-refractivity contribution in [3.05, 3.63) is 84.3 Å². The van der Waals surface area contributed by atoms with Crippen LogP contribution in [0.25, 0.3) is 38.9 Å². The maximum absolute atomic E-state index is 7.58. The summed E-state index contributed by atoms with van der Waals surface area (Å²) in [6.07, 6.45) is 4.80. The number of nitrogens with one attached hydrogen (secondary N) is 3. The summed E-state index contributed by atoms with van der Waals surface area (Å²) in [4.78, 5) is 12.6. The van der Waals surface area contributed by atoms with Gasteiger partial charge in [-0.05, 0) is 47.4 Å².